The van der Waals surface area contributed by atoms with Gasteiger partial charge in [0.25, 0.3) is 5.91 Å². The van der Waals surface area contributed by atoms with Crippen molar-refractivity contribution in [3.8, 4) is 0 Å². The molecule has 0 radical (unpaired) electrons. The standard InChI is InChI=1S/C24H30N8O6/c33-15-26-9-11-38-14-16-12-31(30-29-16)10-8-25-7-6-22(35)27-19-3-1-2-17-18(19)13-32(24(17)37)20-4-5-21(34)28-23(20)36/h1-3,12,15,20,25H,4-11,13-14H2,(H,26,33)(H,27,35)(H,28,34,36). The van der Waals surface area contributed by atoms with Crippen LogP contribution in [0, 0.1) is 0 Å². The van der Waals surface area contributed by atoms with Crippen molar-refractivity contribution in [2.45, 2.75) is 45.0 Å². The van der Waals surface area contributed by atoms with Gasteiger partial charge in [0.2, 0.25) is 24.1 Å². The minimum absolute atomic E-state index is 0.181. The van der Waals surface area contributed by atoms with E-state index < -0.39 is 11.9 Å². The number of rotatable bonds is 14. The van der Waals surface area contributed by atoms with E-state index in [0.29, 0.717) is 68.3 Å². The molecule has 0 saturated carbocycles. The normalized spacial score (nSPS) is 16.8. The fraction of sp³-hybridized carbons (Fsp3) is 0.458. The number of carbonyl (C=O) groups is 5. The molecular weight excluding hydrogens is 496 g/mol. The number of anilines is 1. The molecule has 2 aromatic rings. The number of hydrogen-bond acceptors (Lipinski definition) is 9. The van der Waals surface area contributed by atoms with Crippen LogP contribution in [0.15, 0.2) is 24.4 Å². The summed E-state index contributed by atoms with van der Waals surface area (Å²) in [6.07, 6.45) is 3.07. The predicted molar refractivity (Wildman–Crippen MR) is 132 cm³/mol. The molecule has 1 atom stereocenters. The second-order valence-electron chi connectivity index (χ2n) is 8.88. The Hall–Kier alpha value is -4.17. The number of carbonyl (C=O) groups excluding carboxylic acids is 5. The first-order chi connectivity index (χ1) is 18.5. The van der Waals surface area contributed by atoms with Gasteiger partial charge in [0, 0.05) is 55.8 Å². The van der Waals surface area contributed by atoms with E-state index in [0.717, 1.165) is 0 Å². The topological polar surface area (TPSA) is 177 Å². The number of nitrogens with one attached hydrogen (secondary N) is 4. The highest BCUT2D eigenvalue weighted by atomic mass is 16.5. The Morgan fingerprint density at radius 1 is 1.21 bits per heavy atom. The Bertz CT molecular complexity index is 1200. The molecule has 202 valence electrons. The van der Waals surface area contributed by atoms with Crippen molar-refractivity contribution in [3.63, 3.8) is 0 Å². The minimum Gasteiger partial charge on any atom is -0.373 e. The molecule has 3 heterocycles. The van der Waals surface area contributed by atoms with Crippen molar-refractivity contribution in [2.75, 3.05) is 31.6 Å². The lowest BCUT2D eigenvalue weighted by Gasteiger charge is -2.29. The van der Waals surface area contributed by atoms with Crippen LogP contribution in [0.2, 0.25) is 0 Å². The molecule has 0 aliphatic carbocycles. The van der Waals surface area contributed by atoms with Crippen LogP contribution in [-0.4, -0.2) is 82.2 Å². The quantitative estimate of drug-likeness (QED) is 0.135. The monoisotopic (exact) mass is 526 g/mol. The summed E-state index contributed by atoms with van der Waals surface area (Å²) < 4.78 is 7.06. The first kappa shape index (κ1) is 26.9. The van der Waals surface area contributed by atoms with Gasteiger partial charge < -0.3 is 25.6 Å². The third-order valence-electron chi connectivity index (χ3n) is 6.21. The fourth-order valence-electron chi connectivity index (χ4n) is 4.32. The lowest BCUT2D eigenvalue weighted by atomic mass is 10.0. The van der Waals surface area contributed by atoms with E-state index in [-0.39, 0.29) is 43.5 Å². The van der Waals surface area contributed by atoms with Crippen LogP contribution in [0.25, 0.3) is 0 Å². The van der Waals surface area contributed by atoms with E-state index in [2.05, 4.69) is 31.6 Å². The second-order valence-corrected chi connectivity index (χ2v) is 8.88. The van der Waals surface area contributed by atoms with Crippen molar-refractivity contribution < 1.29 is 28.7 Å². The summed E-state index contributed by atoms with van der Waals surface area (Å²) in [4.78, 5) is 60.8. The molecule has 0 spiro atoms. The largest absolute Gasteiger partial charge is 0.373 e. The van der Waals surface area contributed by atoms with Gasteiger partial charge >= 0.3 is 0 Å². The van der Waals surface area contributed by atoms with Gasteiger partial charge in [-0.3, -0.25) is 34.0 Å². The van der Waals surface area contributed by atoms with Crippen LogP contribution in [-0.2, 0) is 43.6 Å². The predicted octanol–water partition coefficient (Wildman–Crippen LogP) is -1.08. The van der Waals surface area contributed by atoms with Crippen LogP contribution in [0.5, 0.6) is 0 Å². The highest BCUT2D eigenvalue weighted by Gasteiger charge is 2.39. The summed E-state index contributed by atoms with van der Waals surface area (Å²) >= 11 is 0. The molecule has 14 heteroatoms. The lowest BCUT2D eigenvalue weighted by molar-refractivity contribution is -0.137. The molecule has 1 saturated heterocycles. The van der Waals surface area contributed by atoms with Gasteiger partial charge in [-0.1, -0.05) is 11.3 Å². The molecule has 4 rings (SSSR count). The molecule has 1 fully saturated rings. The van der Waals surface area contributed by atoms with E-state index >= 15 is 0 Å². The summed E-state index contributed by atoms with van der Waals surface area (Å²) in [5.74, 6) is -1.31. The number of aromatic nitrogens is 3. The maximum atomic E-state index is 12.9. The highest BCUT2D eigenvalue weighted by Crippen LogP contribution is 2.32. The number of nitrogens with zero attached hydrogens (tertiary/aromatic N) is 4. The average Bonchev–Trinajstić information content (AvgIpc) is 3.48. The molecule has 4 N–H and O–H groups in total. The van der Waals surface area contributed by atoms with Gasteiger partial charge in [-0.05, 0) is 18.6 Å². The van der Waals surface area contributed by atoms with E-state index in [1.807, 2.05) is 0 Å². The van der Waals surface area contributed by atoms with E-state index in [1.165, 1.54) is 4.90 Å². The van der Waals surface area contributed by atoms with Gasteiger partial charge in [0.15, 0.2) is 0 Å². The number of ether oxygens (including phenoxy) is 1. The molecule has 38 heavy (non-hydrogen) atoms. The van der Waals surface area contributed by atoms with Gasteiger partial charge in [0.05, 0.1) is 26.0 Å². The number of hydrogen-bond donors (Lipinski definition) is 4. The Labute approximate surface area is 218 Å². The summed E-state index contributed by atoms with van der Waals surface area (Å²) in [6, 6.07) is 4.39. The number of benzene rings is 1. The van der Waals surface area contributed by atoms with Crippen LogP contribution < -0.4 is 21.3 Å². The highest BCUT2D eigenvalue weighted by molar-refractivity contribution is 6.06. The average molecular weight is 527 g/mol. The molecule has 2 aliphatic rings. The summed E-state index contributed by atoms with van der Waals surface area (Å²) in [7, 11) is 0. The van der Waals surface area contributed by atoms with Gasteiger partial charge in [-0.25, -0.2) is 0 Å². The minimum atomic E-state index is -0.709. The van der Waals surface area contributed by atoms with Crippen molar-refractivity contribution in [1.29, 1.82) is 0 Å². The molecule has 14 nitrogen and oxygen atoms in total. The molecule has 0 bridgehead atoms. The number of piperidine rings is 1. The fourth-order valence-corrected chi connectivity index (χ4v) is 4.32. The molecular formula is C24H30N8O6. The molecule has 2 aliphatic heterocycles. The second kappa shape index (κ2) is 12.9. The van der Waals surface area contributed by atoms with E-state index in [9.17, 15) is 24.0 Å². The number of amides is 5. The van der Waals surface area contributed by atoms with Gasteiger partial charge in [-0.15, -0.1) is 5.10 Å². The Morgan fingerprint density at radius 3 is 2.89 bits per heavy atom. The number of imide groups is 1. The first-order valence-corrected chi connectivity index (χ1v) is 12.4. The van der Waals surface area contributed by atoms with E-state index in [1.54, 1.807) is 29.1 Å². The third-order valence-corrected chi connectivity index (χ3v) is 6.21. The molecule has 1 aromatic heterocycles. The van der Waals surface area contributed by atoms with Crippen LogP contribution in [0.4, 0.5) is 5.69 Å². The zero-order valence-electron chi connectivity index (χ0n) is 20.8. The smallest absolute Gasteiger partial charge is 0.255 e. The van der Waals surface area contributed by atoms with Crippen molar-refractivity contribution >= 4 is 35.7 Å². The Kier molecular flexibility index (Phi) is 9.11. The summed E-state index contributed by atoms with van der Waals surface area (Å²) in [5, 5.41) is 18.9. The SMILES string of the molecule is O=CNCCOCc1cn(CCNCCC(=O)Nc2cccc3c2CN(C2CCC(=O)NC2=O)C3=O)nn1. The van der Waals surface area contributed by atoms with Crippen LogP contribution in [0.3, 0.4) is 0 Å². The Morgan fingerprint density at radius 2 is 2.08 bits per heavy atom. The molecule has 1 aromatic carbocycles. The molecule has 1 unspecified atom stereocenters. The van der Waals surface area contributed by atoms with Crippen LogP contribution >= 0.6 is 0 Å². The van der Waals surface area contributed by atoms with E-state index in [4.69, 9.17) is 4.74 Å². The molecule has 5 amide bonds. The zero-order chi connectivity index (χ0) is 26.9. The maximum absolute atomic E-state index is 12.9. The lowest BCUT2D eigenvalue weighted by Crippen LogP contribution is -2.52. The number of fused-ring (bicyclic) bond motifs is 1. The van der Waals surface area contributed by atoms with Crippen molar-refractivity contribution in [3.05, 3.63) is 41.2 Å². The summed E-state index contributed by atoms with van der Waals surface area (Å²) in [6.45, 7) is 2.89. The van der Waals surface area contributed by atoms with Gasteiger partial charge in [-0.2, -0.15) is 0 Å². The first-order valence-electron chi connectivity index (χ1n) is 12.4. The third kappa shape index (κ3) is 6.77. The van der Waals surface area contributed by atoms with Crippen LogP contribution in [0.1, 0.15) is 40.9 Å². The van der Waals surface area contributed by atoms with Crippen molar-refractivity contribution in [2.24, 2.45) is 0 Å². The van der Waals surface area contributed by atoms with Crippen molar-refractivity contribution in [1.82, 2.24) is 35.8 Å². The maximum Gasteiger partial charge on any atom is 0.255 e. The summed E-state index contributed by atoms with van der Waals surface area (Å²) in [5.41, 5.74) is 2.32. The zero-order valence-corrected chi connectivity index (χ0v) is 20.8. The van der Waals surface area contributed by atoms with Gasteiger partial charge in [0.1, 0.15) is 11.7 Å². The Balaban J connectivity index is 1.19.